The number of halogens is 1. The molecule has 154 valence electrons. The zero-order valence-electron chi connectivity index (χ0n) is 16.7. The lowest BCUT2D eigenvalue weighted by Gasteiger charge is -2.04. The Hall–Kier alpha value is -3.70. The lowest BCUT2D eigenvalue weighted by atomic mass is 10.1. The number of rotatable bonds is 8. The lowest BCUT2D eigenvalue weighted by molar-refractivity contribution is 0.104. The quantitative estimate of drug-likeness (QED) is 0.276. The molecule has 0 aliphatic rings. The topological polar surface area (TPSA) is 57.0 Å². The molecular formula is C25H20ClN3O2. The van der Waals surface area contributed by atoms with E-state index in [9.17, 15) is 4.79 Å². The molecule has 4 rings (SSSR count). The Morgan fingerprint density at radius 1 is 0.968 bits per heavy atom. The highest BCUT2D eigenvalue weighted by Crippen LogP contribution is 2.17. The molecule has 5 nitrogen and oxygen atoms in total. The van der Waals surface area contributed by atoms with Crippen molar-refractivity contribution in [2.45, 2.75) is 13.2 Å². The van der Waals surface area contributed by atoms with Crippen LogP contribution in [0.3, 0.4) is 0 Å². The molecule has 1 aromatic heterocycles. The van der Waals surface area contributed by atoms with Crippen LogP contribution in [0.4, 0.5) is 0 Å². The SMILES string of the molecule is O=C(C=Cc1ccc(OCc2cn(Cc3ccccc3Cl)nn2)cc1)c1ccccc1. The normalized spacial score (nSPS) is 11.0. The van der Waals surface area contributed by atoms with Crippen LogP contribution in [0.1, 0.15) is 27.2 Å². The van der Waals surface area contributed by atoms with Crippen LogP contribution in [0.5, 0.6) is 5.75 Å². The summed E-state index contributed by atoms with van der Waals surface area (Å²) in [6, 6.07) is 24.4. The highest BCUT2D eigenvalue weighted by atomic mass is 35.5. The molecule has 3 aromatic carbocycles. The van der Waals surface area contributed by atoms with Gasteiger partial charge in [-0.15, -0.1) is 5.10 Å². The second kappa shape index (κ2) is 9.87. The number of aromatic nitrogens is 3. The van der Waals surface area contributed by atoms with Crippen molar-refractivity contribution in [1.82, 2.24) is 15.0 Å². The van der Waals surface area contributed by atoms with Crippen LogP contribution in [0.25, 0.3) is 6.08 Å². The van der Waals surface area contributed by atoms with Crippen molar-refractivity contribution in [2.24, 2.45) is 0 Å². The largest absolute Gasteiger partial charge is 0.487 e. The van der Waals surface area contributed by atoms with Crippen LogP contribution in [0.15, 0.2) is 91.1 Å². The summed E-state index contributed by atoms with van der Waals surface area (Å²) in [5.74, 6) is 0.688. The monoisotopic (exact) mass is 429 g/mol. The van der Waals surface area contributed by atoms with Gasteiger partial charge in [-0.25, -0.2) is 4.68 Å². The van der Waals surface area contributed by atoms with Gasteiger partial charge in [0.1, 0.15) is 18.1 Å². The van der Waals surface area contributed by atoms with Crippen molar-refractivity contribution in [2.75, 3.05) is 0 Å². The van der Waals surface area contributed by atoms with Gasteiger partial charge in [0.15, 0.2) is 5.78 Å². The third-order valence-electron chi connectivity index (χ3n) is 4.63. The lowest BCUT2D eigenvalue weighted by Crippen LogP contribution is -2.00. The minimum Gasteiger partial charge on any atom is -0.487 e. The minimum atomic E-state index is -0.0270. The number of hydrogen-bond donors (Lipinski definition) is 0. The predicted octanol–water partition coefficient (Wildman–Crippen LogP) is 5.45. The predicted molar refractivity (Wildman–Crippen MR) is 121 cm³/mol. The molecular weight excluding hydrogens is 410 g/mol. The molecule has 6 heteroatoms. The van der Waals surface area contributed by atoms with Crippen LogP contribution >= 0.6 is 11.6 Å². The molecule has 0 spiro atoms. The maximum Gasteiger partial charge on any atom is 0.185 e. The molecule has 0 fully saturated rings. The number of carbonyl (C=O) groups is 1. The summed E-state index contributed by atoms with van der Waals surface area (Å²) < 4.78 is 7.53. The average molecular weight is 430 g/mol. The molecule has 0 radical (unpaired) electrons. The molecule has 0 N–H and O–H groups in total. The number of hydrogen-bond acceptors (Lipinski definition) is 4. The Balaban J connectivity index is 1.31. The van der Waals surface area contributed by atoms with E-state index in [1.807, 2.05) is 72.9 Å². The zero-order valence-corrected chi connectivity index (χ0v) is 17.4. The number of ether oxygens (including phenoxy) is 1. The van der Waals surface area contributed by atoms with Gasteiger partial charge in [0, 0.05) is 10.6 Å². The summed E-state index contributed by atoms with van der Waals surface area (Å²) >= 11 is 6.20. The summed E-state index contributed by atoms with van der Waals surface area (Å²) in [4.78, 5) is 12.1. The first kappa shape index (κ1) is 20.6. The molecule has 0 amide bonds. The summed E-state index contributed by atoms with van der Waals surface area (Å²) in [7, 11) is 0. The van der Waals surface area contributed by atoms with Crippen molar-refractivity contribution in [3.63, 3.8) is 0 Å². The van der Waals surface area contributed by atoms with Crippen molar-refractivity contribution < 1.29 is 9.53 Å². The first-order valence-electron chi connectivity index (χ1n) is 9.80. The van der Waals surface area contributed by atoms with E-state index in [0.29, 0.717) is 29.5 Å². The number of benzene rings is 3. The van der Waals surface area contributed by atoms with Gasteiger partial charge in [-0.2, -0.15) is 0 Å². The second-order valence-electron chi connectivity index (χ2n) is 6.92. The fourth-order valence-corrected chi connectivity index (χ4v) is 3.18. The second-order valence-corrected chi connectivity index (χ2v) is 7.33. The Morgan fingerprint density at radius 2 is 1.71 bits per heavy atom. The standard InChI is InChI=1S/C25H20ClN3O2/c26-24-9-5-4-8-21(24)16-29-17-22(27-28-29)18-31-23-13-10-19(11-14-23)12-15-25(30)20-6-2-1-3-7-20/h1-15,17H,16,18H2. The van der Waals surface area contributed by atoms with E-state index < -0.39 is 0 Å². The summed E-state index contributed by atoms with van der Waals surface area (Å²) in [6.07, 6.45) is 5.21. The number of nitrogens with zero attached hydrogens (tertiary/aromatic N) is 3. The maximum atomic E-state index is 12.1. The minimum absolute atomic E-state index is 0.0270. The number of allylic oxidation sites excluding steroid dienone is 1. The van der Waals surface area contributed by atoms with Crippen LogP contribution in [0, 0.1) is 0 Å². The Bertz CT molecular complexity index is 1180. The van der Waals surface area contributed by atoms with Gasteiger partial charge in [-0.3, -0.25) is 4.79 Å². The molecule has 0 saturated carbocycles. The van der Waals surface area contributed by atoms with Gasteiger partial charge in [-0.1, -0.05) is 83.6 Å². The molecule has 0 atom stereocenters. The smallest absolute Gasteiger partial charge is 0.185 e. The number of ketones is 1. The van der Waals surface area contributed by atoms with Gasteiger partial charge in [0.05, 0.1) is 12.7 Å². The van der Waals surface area contributed by atoms with Gasteiger partial charge in [0.25, 0.3) is 0 Å². The number of carbonyl (C=O) groups excluding carboxylic acids is 1. The fourth-order valence-electron chi connectivity index (χ4n) is 2.99. The van der Waals surface area contributed by atoms with Crippen molar-refractivity contribution in [3.05, 3.63) is 119 Å². The molecule has 0 saturated heterocycles. The van der Waals surface area contributed by atoms with Crippen LogP contribution in [-0.4, -0.2) is 20.8 Å². The molecule has 1 heterocycles. The third-order valence-corrected chi connectivity index (χ3v) is 5.00. The Kier molecular flexibility index (Phi) is 6.55. The van der Waals surface area contributed by atoms with Crippen LogP contribution < -0.4 is 4.74 Å². The highest BCUT2D eigenvalue weighted by molar-refractivity contribution is 6.31. The molecule has 0 aliphatic heterocycles. The summed E-state index contributed by atoms with van der Waals surface area (Å²) in [6.45, 7) is 0.861. The third kappa shape index (κ3) is 5.68. The Morgan fingerprint density at radius 3 is 2.48 bits per heavy atom. The van der Waals surface area contributed by atoms with E-state index in [4.69, 9.17) is 16.3 Å². The first-order chi connectivity index (χ1) is 15.2. The summed E-state index contributed by atoms with van der Waals surface area (Å²) in [5.41, 5.74) is 3.30. The molecule has 0 aliphatic carbocycles. The summed E-state index contributed by atoms with van der Waals surface area (Å²) in [5, 5.41) is 8.98. The van der Waals surface area contributed by atoms with Gasteiger partial charge in [-0.05, 0) is 35.4 Å². The molecule has 31 heavy (non-hydrogen) atoms. The molecule has 4 aromatic rings. The van der Waals surface area contributed by atoms with Gasteiger partial charge < -0.3 is 4.74 Å². The van der Waals surface area contributed by atoms with Crippen molar-refractivity contribution in [3.8, 4) is 5.75 Å². The van der Waals surface area contributed by atoms with Crippen LogP contribution in [-0.2, 0) is 13.2 Å². The van der Waals surface area contributed by atoms with Gasteiger partial charge in [0.2, 0.25) is 0 Å². The highest BCUT2D eigenvalue weighted by Gasteiger charge is 2.05. The molecule has 0 bridgehead atoms. The van der Waals surface area contributed by atoms with E-state index in [-0.39, 0.29) is 5.78 Å². The zero-order chi connectivity index (χ0) is 21.5. The van der Waals surface area contributed by atoms with E-state index in [1.165, 1.54) is 0 Å². The van der Waals surface area contributed by atoms with E-state index >= 15 is 0 Å². The van der Waals surface area contributed by atoms with Gasteiger partial charge >= 0.3 is 0 Å². The van der Waals surface area contributed by atoms with Crippen LogP contribution in [0.2, 0.25) is 5.02 Å². The van der Waals surface area contributed by atoms with E-state index in [0.717, 1.165) is 16.8 Å². The maximum absolute atomic E-state index is 12.1. The van der Waals surface area contributed by atoms with E-state index in [1.54, 1.807) is 29.0 Å². The molecule has 0 unspecified atom stereocenters. The average Bonchev–Trinajstić information content (AvgIpc) is 3.26. The van der Waals surface area contributed by atoms with Crippen molar-refractivity contribution in [1.29, 1.82) is 0 Å². The van der Waals surface area contributed by atoms with Crippen molar-refractivity contribution >= 4 is 23.5 Å². The fraction of sp³-hybridized carbons (Fsp3) is 0.0800. The first-order valence-corrected chi connectivity index (χ1v) is 10.2. The van der Waals surface area contributed by atoms with E-state index in [2.05, 4.69) is 10.3 Å². The Labute approximate surface area is 185 Å².